The zero-order chi connectivity index (χ0) is 24.2. The van der Waals surface area contributed by atoms with Crippen LogP contribution in [0.25, 0.3) is 0 Å². The molecule has 0 saturated heterocycles. The second kappa shape index (κ2) is 13.5. The Labute approximate surface area is 202 Å². The van der Waals surface area contributed by atoms with E-state index < -0.39 is 0 Å². The zero-order valence-corrected chi connectivity index (χ0v) is 20.3. The lowest BCUT2D eigenvalue weighted by molar-refractivity contribution is -0.145. The first-order valence-electron chi connectivity index (χ1n) is 12.4. The van der Waals surface area contributed by atoms with Gasteiger partial charge in [0, 0.05) is 17.7 Å². The van der Waals surface area contributed by atoms with E-state index in [1.54, 1.807) is 6.21 Å². The van der Waals surface area contributed by atoms with Crippen molar-refractivity contribution in [1.29, 1.82) is 0 Å². The third-order valence-electron chi connectivity index (χ3n) is 6.05. The number of rotatable bonds is 12. The van der Waals surface area contributed by atoms with Gasteiger partial charge in [-0.25, -0.2) is 0 Å². The van der Waals surface area contributed by atoms with E-state index in [1.165, 1.54) is 5.56 Å². The van der Waals surface area contributed by atoms with Crippen molar-refractivity contribution >= 4 is 23.8 Å². The van der Waals surface area contributed by atoms with Gasteiger partial charge in [-0.2, -0.15) is 0 Å². The van der Waals surface area contributed by atoms with Crippen LogP contribution < -0.4 is 5.32 Å². The standard InChI is InChI=1S/C28H36N2O4/c1-3-5-15-33-27(31)18-22-7-10-23-11-12-24(19-25(23)17-22)28(32)30-26-13-8-21(9-14-26)20-29-34-16-6-4-2/h8-9,11-14,19-20,22H,3-7,10,15-18H2,1-2H3,(H,30,32). The SMILES string of the molecule is CCCCON=Cc1ccc(NC(=O)c2ccc3c(c2)CC(CC(=O)OCCCC)CC3)cc1. The summed E-state index contributed by atoms with van der Waals surface area (Å²) in [4.78, 5) is 30.1. The monoisotopic (exact) mass is 464 g/mol. The smallest absolute Gasteiger partial charge is 0.306 e. The van der Waals surface area contributed by atoms with Gasteiger partial charge in [0.2, 0.25) is 0 Å². The van der Waals surface area contributed by atoms with Crippen LogP contribution in [0.3, 0.4) is 0 Å². The number of aryl methyl sites for hydroxylation is 1. The van der Waals surface area contributed by atoms with Crippen molar-refractivity contribution in [2.24, 2.45) is 11.1 Å². The molecule has 1 aliphatic rings. The Morgan fingerprint density at radius 3 is 2.56 bits per heavy atom. The highest BCUT2D eigenvalue weighted by Gasteiger charge is 2.23. The van der Waals surface area contributed by atoms with Gasteiger partial charge in [-0.3, -0.25) is 9.59 Å². The molecular weight excluding hydrogens is 428 g/mol. The summed E-state index contributed by atoms with van der Waals surface area (Å²) in [7, 11) is 0. The number of nitrogens with one attached hydrogen (secondary N) is 1. The summed E-state index contributed by atoms with van der Waals surface area (Å²) >= 11 is 0. The van der Waals surface area contributed by atoms with E-state index >= 15 is 0 Å². The van der Waals surface area contributed by atoms with Crippen molar-refractivity contribution in [2.45, 2.75) is 65.2 Å². The van der Waals surface area contributed by atoms with Crippen LogP contribution >= 0.6 is 0 Å². The highest BCUT2D eigenvalue weighted by molar-refractivity contribution is 6.04. The van der Waals surface area contributed by atoms with Crippen molar-refractivity contribution in [3.8, 4) is 0 Å². The predicted octanol–water partition coefficient (Wildman–Crippen LogP) is 5.93. The summed E-state index contributed by atoms with van der Waals surface area (Å²) in [5, 5.41) is 6.92. The summed E-state index contributed by atoms with van der Waals surface area (Å²) in [5.41, 5.74) is 4.67. The highest BCUT2D eigenvalue weighted by Crippen LogP contribution is 2.29. The minimum atomic E-state index is -0.145. The molecule has 1 amide bonds. The Morgan fingerprint density at radius 2 is 1.79 bits per heavy atom. The van der Waals surface area contributed by atoms with Gasteiger partial charge in [-0.05, 0) is 79.0 Å². The Morgan fingerprint density at radius 1 is 1.03 bits per heavy atom. The lowest BCUT2D eigenvalue weighted by Gasteiger charge is -2.24. The summed E-state index contributed by atoms with van der Waals surface area (Å²) in [6.45, 7) is 5.31. The molecule has 0 heterocycles. The van der Waals surface area contributed by atoms with E-state index in [2.05, 4.69) is 24.3 Å². The van der Waals surface area contributed by atoms with Crippen molar-refractivity contribution < 1.29 is 19.2 Å². The lowest BCUT2D eigenvalue weighted by Crippen LogP contribution is -2.20. The number of carbonyl (C=O) groups is 2. The number of hydrogen-bond acceptors (Lipinski definition) is 5. The van der Waals surface area contributed by atoms with Crippen LogP contribution in [0.5, 0.6) is 0 Å². The van der Waals surface area contributed by atoms with Gasteiger partial charge in [0.15, 0.2) is 0 Å². The fraction of sp³-hybridized carbons (Fsp3) is 0.464. The molecule has 2 aromatic rings. The Kier molecular flexibility index (Phi) is 10.1. The van der Waals surface area contributed by atoms with E-state index in [0.717, 1.165) is 61.8 Å². The maximum atomic E-state index is 12.8. The second-order valence-electron chi connectivity index (χ2n) is 8.87. The third-order valence-corrected chi connectivity index (χ3v) is 6.05. The fourth-order valence-electron chi connectivity index (χ4n) is 3.99. The summed E-state index contributed by atoms with van der Waals surface area (Å²) in [6.07, 6.45) is 8.78. The molecule has 34 heavy (non-hydrogen) atoms. The molecule has 6 heteroatoms. The van der Waals surface area contributed by atoms with Gasteiger partial charge in [-0.15, -0.1) is 0 Å². The molecule has 1 N–H and O–H groups in total. The Hall–Kier alpha value is -3.15. The largest absolute Gasteiger partial charge is 0.466 e. The van der Waals surface area contributed by atoms with E-state index in [1.807, 2.05) is 42.5 Å². The minimum Gasteiger partial charge on any atom is -0.466 e. The molecule has 6 nitrogen and oxygen atoms in total. The quantitative estimate of drug-likeness (QED) is 0.183. The van der Waals surface area contributed by atoms with Gasteiger partial charge in [0.25, 0.3) is 5.91 Å². The number of carbonyl (C=O) groups excluding carboxylic acids is 2. The third kappa shape index (κ3) is 8.01. The maximum absolute atomic E-state index is 12.8. The van der Waals surface area contributed by atoms with Crippen LogP contribution in [0, 0.1) is 5.92 Å². The first-order valence-corrected chi connectivity index (χ1v) is 12.4. The molecule has 1 atom stereocenters. The van der Waals surface area contributed by atoms with Crippen LogP contribution in [0.1, 0.15) is 79.4 Å². The van der Waals surface area contributed by atoms with E-state index in [9.17, 15) is 9.59 Å². The van der Waals surface area contributed by atoms with Gasteiger partial charge >= 0.3 is 5.97 Å². The molecule has 0 spiro atoms. The molecule has 2 aromatic carbocycles. The molecule has 0 radical (unpaired) electrons. The number of unbranched alkanes of at least 4 members (excludes halogenated alkanes) is 2. The van der Waals surface area contributed by atoms with E-state index in [-0.39, 0.29) is 17.8 Å². The molecule has 1 aliphatic carbocycles. The van der Waals surface area contributed by atoms with Crippen molar-refractivity contribution in [3.05, 3.63) is 64.7 Å². The summed E-state index contributed by atoms with van der Waals surface area (Å²) in [6, 6.07) is 13.4. The molecule has 0 aliphatic heterocycles. The average molecular weight is 465 g/mol. The molecule has 3 rings (SSSR count). The fourth-order valence-corrected chi connectivity index (χ4v) is 3.99. The van der Waals surface area contributed by atoms with Crippen molar-refractivity contribution in [1.82, 2.24) is 0 Å². The molecule has 0 bridgehead atoms. The van der Waals surface area contributed by atoms with Crippen LogP contribution in [-0.4, -0.2) is 31.3 Å². The number of fused-ring (bicyclic) bond motifs is 1. The number of hydrogen-bond donors (Lipinski definition) is 1. The Balaban J connectivity index is 1.54. The highest BCUT2D eigenvalue weighted by atomic mass is 16.6. The number of amides is 1. The lowest BCUT2D eigenvalue weighted by atomic mass is 9.81. The van der Waals surface area contributed by atoms with Crippen LogP contribution in [-0.2, 0) is 27.2 Å². The van der Waals surface area contributed by atoms with Crippen LogP contribution in [0.2, 0.25) is 0 Å². The van der Waals surface area contributed by atoms with E-state index in [4.69, 9.17) is 9.57 Å². The number of esters is 1. The predicted molar refractivity (Wildman–Crippen MR) is 135 cm³/mol. The van der Waals surface area contributed by atoms with Crippen molar-refractivity contribution in [2.75, 3.05) is 18.5 Å². The average Bonchev–Trinajstić information content (AvgIpc) is 2.84. The van der Waals surface area contributed by atoms with Crippen molar-refractivity contribution in [3.63, 3.8) is 0 Å². The first-order chi connectivity index (χ1) is 16.6. The summed E-state index contributed by atoms with van der Waals surface area (Å²) < 4.78 is 5.33. The molecule has 182 valence electrons. The Bertz CT molecular complexity index is 969. The number of oxime groups is 1. The number of nitrogens with zero attached hydrogens (tertiary/aromatic N) is 1. The number of benzene rings is 2. The minimum absolute atomic E-state index is 0.114. The maximum Gasteiger partial charge on any atom is 0.306 e. The van der Waals surface area contributed by atoms with Crippen LogP contribution in [0.15, 0.2) is 47.6 Å². The van der Waals surface area contributed by atoms with Gasteiger partial charge < -0.3 is 14.9 Å². The second-order valence-corrected chi connectivity index (χ2v) is 8.87. The molecule has 0 aromatic heterocycles. The molecule has 0 fully saturated rings. The molecule has 1 unspecified atom stereocenters. The molecule has 0 saturated carbocycles. The summed E-state index contributed by atoms with van der Waals surface area (Å²) in [5.74, 6) is 0.00475. The van der Waals surface area contributed by atoms with E-state index in [0.29, 0.717) is 25.2 Å². The molecular formula is C28H36N2O4. The van der Waals surface area contributed by atoms with Gasteiger partial charge in [-0.1, -0.05) is 50.0 Å². The first kappa shape index (κ1) is 25.5. The van der Waals surface area contributed by atoms with Crippen LogP contribution in [0.4, 0.5) is 5.69 Å². The van der Waals surface area contributed by atoms with Gasteiger partial charge in [0.1, 0.15) is 6.61 Å². The topological polar surface area (TPSA) is 77.0 Å². The number of ether oxygens (including phenoxy) is 1. The zero-order valence-electron chi connectivity index (χ0n) is 20.3. The normalized spacial score (nSPS) is 15.1. The number of anilines is 1. The van der Waals surface area contributed by atoms with Gasteiger partial charge in [0.05, 0.1) is 12.8 Å².